The maximum Gasteiger partial charge on any atom is 0.191 e. The Morgan fingerprint density at radius 3 is 2.35 bits per heavy atom. The summed E-state index contributed by atoms with van der Waals surface area (Å²) in [7, 11) is 0. The molecule has 0 spiro atoms. The Bertz CT molecular complexity index is 331. The fourth-order valence-corrected chi connectivity index (χ4v) is 2.95. The minimum Gasteiger partial charge on any atom is -0.357 e. The van der Waals surface area contributed by atoms with Gasteiger partial charge in [-0.2, -0.15) is 0 Å². The molecule has 0 saturated carbocycles. The molecule has 0 radical (unpaired) electrons. The summed E-state index contributed by atoms with van der Waals surface area (Å²) in [5.41, 5.74) is 0. The third-order valence-electron chi connectivity index (χ3n) is 4.62. The van der Waals surface area contributed by atoms with Gasteiger partial charge in [0.05, 0.1) is 6.54 Å². The fourth-order valence-electron chi connectivity index (χ4n) is 2.95. The van der Waals surface area contributed by atoms with Crippen molar-refractivity contribution < 1.29 is 0 Å². The van der Waals surface area contributed by atoms with Crippen LogP contribution in [0.2, 0.25) is 0 Å². The van der Waals surface area contributed by atoms with E-state index in [9.17, 15) is 0 Å². The Hall–Kier alpha value is -0.0800. The standard InChI is InChI=1S/C17H37N5.HI/c1-7-18-17(19-10-11-21(8-2)9-3)20-16-13-22(14(4)5)12-15(16)6;/h14-16H,7-13H2,1-6H3,(H2,18,19,20);1H. The summed E-state index contributed by atoms with van der Waals surface area (Å²) in [5, 5.41) is 7.03. The Morgan fingerprint density at radius 2 is 1.87 bits per heavy atom. The maximum absolute atomic E-state index is 4.75. The minimum atomic E-state index is 0. The zero-order valence-corrected chi connectivity index (χ0v) is 18.3. The SMILES string of the molecule is CCNC(=NCCN(CC)CC)NC1CN(C(C)C)CC1C.I. The van der Waals surface area contributed by atoms with Gasteiger partial charge in [-0.25, -0.2) is 0 Å². The predicted molar refractivity (Wildman–Crippen MR) is 112 cm³/mol. The summed E-state index contributed by atoms with van der Waals surface area (Å²) in [6.07, 6.45) is 0. The zero-order valence-electron chi connectivity index (χ0n) is 15.9. The molecule has 0 amide bonds. The smallest absolute Gasteiger partial charge is 0.191 e. The first-order valence-corrected chi connectivity index (χ1v) is 9.02. The normalized spacial score (nSPS) is 22.5. The van der Waals surface area contributed by atoms with E-state index in [0.29, 0.717) is 18.0 Å². The molecule has 1 fully saturated rings. The second-order valence-electron chi connectivity index (χ2n) is 6.56. The van der Waals surface area contributed by atoms with Crippen LogP contribution in [-0.4, -0.2) is 73.7 Å². The van der Waals surface area contributed by atoms with Crippen LogP contribution in [0.5, 0.6) is 0 Å². The van der Waals surface area contributed by atoms with Crippen LogP contribution < -0.4 is 10.6 Å². The molecule has 2 N–H and O–H groups in total. The lowest BCUT2D eigenvalue weighted by molar-refractivity contribution is 0.265. The van der Waals surface area contributed by atoms with Crippen LogP contribution in [0, 0.1) is 5.92 Å². The zero-order chi connectivity index (χ0) is 16.5. The lowest BCUT2D eigenvalue weighted by Crippen LogP contribution is -2.47. The summed E-state index contributed by atoms with van der Waals surface area (Å²) in [6.45, 7) is 20.7. The third kappa shape index (κ3) is 8.03. The summed E-state index contributed by atoms with van der Waals surface area (Å²) in [5.74, 6) is 1.63. The quantitative estimate of drug-likeness (QED) is 0.346. The molecule has 0 aromatic carbocycles. The van der Waals surface area contributed by atoms with Gasteiger partial charge in [-0.3, -0.25) is 9.89 Å². The van der Waals surface area contributed by atoms with Crippen molar-refractivity contribution in [3.63, 3.8) is 0 Å². The molecule has 2 atom stereocenters. The van der Waals surface area contributed by atoms with E-state index >= 15 is 0 Å². The molecule has 1 saturated heterocycles. The summed E-state index contributed by atoms with van der Waals surface area (Å²) in [4.78, 5) is 9.70. The molecule has 6 heteroatoms. The van der Waals surface area contributed by atoms with Crippen LogP contribution in [0.15, 0.2) is 4.99 Å². The fraction of sp³-hybridized carbons (Fsp3) is 0.941. The second kappa shape index (κ2) is 12.3. The van der Waals surface area contributed by atoms with Gasteiger partial charge in [0.15, 0.2) is 5.96 Å². The van der Waals surface area contributed by atoms with E-state index < -0.39 is 0 Å². The van der Waals surface area contributed by atoms with Crippen molar-refractivity contribution in [1.82, 2.24) is 20.4 Å². The molecule has 0 aromatic rings. The topological polar surface area (TPSA) is 42.9 Å². The van der Waals surface area contributed by atoms with Crippen molar-refractivity contribution in [2.24, 2.45) is 10.9 Å². The van der Waals surface area contributed by atoms with Gasteiger partial charge in [0, 0.05) is 38.3 Å². The van der Waals surface area contributed by atoms with E-state index in [1.807, 2.05) is 0 Å². The van der Waals surface area contributed by atoms with Crippen LogP contribution in [0.25, 0.3) is 0 Å². The highest BCUT2D eigenvalue weighted by molar-refractivity contribution is 14.0. The van der Waals surface area contributed by atoms with Gasteiger partial charge in [0.25, 0.3) is 0 Å². The largest absolute Gasteiger partial charge is 0.357 e. The van der Waals surface area contributed by atoms with Crippen molar-refractivity contribution in [2.75, 3.05) is 45.8 Å². The number of nitrogens with one attached hydrogen (secondary N) is 2. The van der Waals surface area contributed by atoms with Gasteiger partial charge in [-0.1, -0.05) is 20.8 Å². The number of hydrogen-bond donors (Lipinski definition) is 2. The second-order valence-corrected chi connectivity index (χ2v) is 6.56. The molecule has 0 bridgehead atoms. The van der Waals surface area contributed by atoms with Crippen LogP contribution in [0.1, 0.15) is 41.5 Å². The third-order valence-corrected chi connectivity index (χ3v) is 4.62. The van der Waals surface area contributed by atoms with Gasteiger partial charge in [-0.15, -0.1) is 24.0 Å². The number of hydrogen-bond acceptors (Lipinski definition) is 3. The molecule has 0 aromatic heterocycles. The number of rotatable bonds is 8. The summed E-state index contributed by atoms with van der Waals surface area (Å²) >= 11 is 0. The maximum atomic E-state index is 4.75. The number of aliphatic imine (C=N–C) groups is 1. The highest BCUT2D eigenvalue weighted by Crippen LogP contribution is 2.18. The predicted octanol–water partition coefficient (Wildman–Crippen LogP) is 2.23. The molecular formula is C17H38IN5. The lowest BCUT2D eigenvalue weighted by atomic mass is 10.1. The Morgan fingerprint density at radius 1 is 1.22 bits per heavy atom. The molecule has 1 aliphatic heterocycles. The highest BCUT2D eigenvalue weighted by Gasteiger charge is 2.31. The Kier molecular flexibility index (Phi) is 12.3. The van der Waals surface area contributed by atoms with E-state index in [0.717, 1.165) is 45.2 Å². The summed E-state index contributed by atoms with van der Waals surface area (Å²) in [6, 6.07) is 1.12. The van der Waals surface area contributed by atoms with Gasteiger partial charge in [0.2, 0.25) is 0 Å². The summed E-state index contributed by atoms with van der Waals surface area (Å²) < 4.78 is 0. The van der Waals surface area contributed by atoms with Gasteiger partial charge < -0.3 is 15.5 Å². The van der Waals surface area contributed by atoms with Crippen molar-refractivity contribution >= 4 is 29.9 Å². The first-order valence-electron chi connectivity index (χ1n) is 9.02. The molecule has 5 nitrogen and oxygen atoms in total. The van der Waals surface area contributed by atoms with E-state index in [-0.39, 0.29) is 24.0 Å². The average Bonchev–Trinajstić information content (AvgIpc) is 2.85. The van der Waals surface area contributed by atoms with Crippen LogP contribution in [0.3, 0.4) is 0 Å². The molecule has 1 rings (SSSR count). The molecular weight excluding hydrogens is 401 g/mol. The van der Waals surface area contributed by atoms with Gasteiger partial charge in [-0.05, 0) is 39.8 Å². The monoisotopic (exact) mass is 439 g/mol. The Balaban J connectivity index is 0.00000484. The van der Waals surface area contributed by atoms with Crippen molar-refractivity contribution in [1.29, 1.82) is 0 Å². The number of likely N-dealkylation sites (N-methyl/N-ethyl adjacent to an activating group) is 1. The molecule has 138 valence electrons. The number of likely N-dealkylation sites (tertiary alicyclic amines) is 1. The van der Waals surface area contributed by atoms with Crippen molar-refractivity contribution in [3.05, 3.63) is 0 Å². The van der Waals surface area contributed by atoms with Crippen LogP contribution in [-0.2, 0) is 0 Å². The van der Waals surface area contributed by atoms with Crippen molar-refractivity contribution in [2.45, 2.75) is 53.6 Å². The first-order chi connectivity index (χ1) is 10.5. The van der Waals surface area contributed by atoms with E-state index in [2.05, 4.69) is 62.0 Å². The first kappa shape index (κ1) is 22.9. The van der Waals surface area contributed by atoms with E-state index in [1.165, 1.54) is 6.54 Å². The average molecular weight is 439 g/mol. The van der Waals surface area contributed by atoms with Crippen LogP contribution >= 0.6 is 24.0 Å². The lowest BCUT2D eigenvalue weighted by Gasteiger charge is -2.22. The number of nitrogens with zero attached hydrogens (tertiary/aromatic N) is 3. The van der Waals surface area contributed by atoms with E-state index in [4.69, 9.17) is 4.99 Å². The molecule has 23 heavy (non-hydrogen) atoms. The molecule has 0 aliphatic carbocycles. The van der Waals surface area contributed by atoms with Gasteiger partial charge in [0.1, 0.15) is 0 Å². The number of guanidine groups is 1. The number of halogens is 1. The minimum absolute atomic E-state index is 0. The van der Waals surface area contributed by atoms with Crippen LogP contribution in [0.4, 0.5) is 0 Å². The molecule has 1 heterocycles. The molecule has 1 aliphatic rings. The van der Waals surface area contributed by atoms with Gasteiger partial charge >= 0.3 is 0 Å². The van der Waals surface area contributed by atoms with Crippen molar-refractivity contribution in [3.8, 4) is 0 Å². The Labute approximate surface area is 160 Å². The highest BCUT2D eigenvalue weighted by atomic mass is 127. The van der Waals surface area contributed by atoms with E-state index in [1.54, 1.807) is 0 Å². The molecule has 2 unspecified atom stereocenters.